The first-order valence-electron chi connectivity index (χ1n) is 6.33. The molecule has 1 aliphatic rings. The molecule has 1 aliphatic heterocycles. The van der Waals surface area contributed by atoms with Crippen molar-refractivity contribution in [2.45, 2.75) is 33.0 Å². The standard InChI is InChI=1S/C14H20N2OS/c1-10-6-4-5-7-13(10)15-14(18)16-8-11(2)17-12(3)9-16/h4-7,11-12H,8-9H2,1-3H3,(H,15,18)/t11-,12+. The lowest BCUT2D eigenvalue weighted by atomic mass is 10.2. The van der Waals surface area contributed by atoms with E-state index in [2.05, 4.69) is 43.1 Å². The number of hydrogen-bond acceptors (Lipinski definition) is 2. The van der Waals surface area contributed by atoms with Crippen molar-refractivity contribution in [2.24, 2.45) is 0 Å². The normalized spacial score (nSPS) is 23.8. The van der Waals surface area contributed by atoms with Gasteiger partial charge in [0, 0.05) is 18.8 Å². The van der Waals surface area contributed by atoms with E-state index in [0.717, 1.165) is 23.9 Å². The first kappa shape index (κ1) is 13.3. The molecule has 0 aliphatic carbocycles. The molecule has 0 amide bonds. The summed E-state index contributed by atoms with van der Waals surface area (Å²) in [4.78, 5) is 2.18. The number of anilines is 1. The van der Waals surface area contributed by atoms with Crippen molar-refractivity contribution >= 4 is 23.0 Å². The minimum atomic E-state index is 0.227. The summed E-state index contributed by atoms with van der Waals surface area (Å²) in [5.41, 5.74) is 2.28. The topological polar surface area (TPSA) is 24.5 Å². The van der Waals surface area contributed by atoms with Crippen LogP contribution in [0.25, 0.3) is 0 Å². The van der Waals surface area contributed by atoms with E-state index in [1.165, 1.54) is 5.56 Å². The molecule has 98 valence electrons. The number of aryl methyl sites for hydroxylation is 1. The second-order valence-corrected chi connectivity index (χ2v) is 5.29. The highest BCUT2D eigenvalue weighted by Gasteiger charge is 2.23. The zero-order valence-electron chi connectivity index (χ0n) is 11.1. The van der Waals surface area contributed by atoms with Gasteiger partial charge in [0.2, 0.25) is 0 Å². The van der Waals surface area contributed by atoms with Crippen LogP contribution in [0.1, 0.15) is 19.4 Å². The summed E-state index contributed by atoms with van der Waals surface area (Å²) >= 11 is 5.48. The maximum Gasteiger partial charge on any atom is 0.173 e. The number of nitrogens with one attached hydrogen (secondary N) is 1. The summed E-state index contributed by atoms with van der Waals surface area (Å²) in [6.45, 7) is 7.94. The second-order valence-electron chi connectivity index (χ2n) is 4.91. The average Bonchev–Trinajstić information content (AvgIpc) is 2.31. The van der Waals surface area contributed by atoms with E-state index in [0.29, 0.717) is 0 Å². The Hall–Kier alpha value is -1.13. The first-order valence-corrected chi connectivity index (χ1v) is 6.74. The zero-order chi connectivity index (χ0) is 13.1. The molecule has 0 unspecified atom stereocenters. The molecule has 1 fully saturated rings. The lowest BCUT2D eigenvalue weighted by Gasteiger charge is -2.37. The minimum absolute atomic E-state index is 0.227. The molecule has 4 heteroatoms. The summed E-state index contributed by atoms with van der Waals surface area (Å²) < 4.78 is 5.71. The lowest BCUT2D eigenvalue weighted by Crippen LogP contribution is -2.49. The number of nitrogens with zero attached hydrogens (tertiary/aromatic N) is 1. The molecule has 0 aromatic heterocycles. The summed E-state index contributed by atoms with van der Waals surface area (Å²) in [6, 6.07) is 8.18. The van der Waals surface area contributed by atoms with E-state index in [9.17, 15) is 0 Å². The van der Waals surface area contributed by atoms with Crippen LogP contribution in [0.3, 0.4) is 0 Å². The molecule has 2 rings (SSSR count). The highest BCUT2D eigenvalue weighted by atomic mass is 32.1. The molecular formula is C14H20N2OS. The molecule has 0 bridgehead atoms. The number of para-hydroxylation sites is 1. The molecule has 1 aromatic rings. The fourth-order valence-electron chi connectivity index (χ4n) is 2.25. The van der Waals surface area contributed by atoms with Crippen molar-refractivity contribution in [3.05, 3.63) is 29.8 Å². The fraction of sp³-hybridized carbons (Fsp3) is 0.500. The van der Waals surface area contributed by atoms with E-state index in [4.69, 9.17) is 17.0 Å². The van der Waals surface area contributed by atoms with Gasteiger partial charge in [0.05, 0.1) is 12.2 Å². The van der Waals surface area contributed by atoms with Crippen LogP contribution >= 0.6 is 12.2 Å². The van der Waals surface area contributed by atoms with Gasteiger partial charge in [-0.1, -0.05) is 18.2 Å². The Bertz CT molecular complexity index is 426. The third-order valence-electron chi connectivity index (χ3n) is 3.09. The summed E-state index contributed by atoms with van der Waals surface area (Å²) in [6.07, 6.45) is 0.454. The van der Waals surface area contributed by atoms with Crippen molar-refractivity contribution in [1.29, 1.82) is 0 Å². The maximum absolute atomic E-state index is 5.71. The zero-order valence-corrected chi connectivity index (χ0v) is 12.0. The fourth-order valence-corrected chi connectivity index (χ4v) is 2.51. The van der Waals surface area contributed by atoms with Gasteiger partial charge in [-0.3, -0.25) is 0 Å². The quantitative estimate of drug-likeness (QED) is 0.788. The molecule has 1 aromatic carbocycles. The predicted octanol–water partition coefficient (Wildman–Crippen LogP) is 2.80. The Labute approximate surface area is 114 Å². The van der Waals surface area contributed by atoms with E-state index in [-0.39, 0.29) is 12.2 Å². The van der Waals surface area contributed by atoms with Gasteiger partial charge in [0.1, 0.15) is 0 Å². The molecule has 3 nitrogen and oxygen atoms in total. The Morgan fingerprint density at radius 3 is 2.50 bits per heavy atom. The molecule has 1 heterocycles. The summed E-state index contributed by atoms with van der Waals surface area (Å²) in [5.74, 6) is 0. The molecule has 1 saturated heterocycles. The summed E-state index contributed by atoms with van der Waals surface area (Å²) in [5, 5.41) is 4.11. The highest BCUT2D eigenvalue weighted by Crippen LogP contribution is 2.16. The van der Waals surface area contributed by atoms with Crippen molar-refractivity contribution < 1.29 is 4.74 Å². The van der Waals surface area contributed by atoms with Gasteiger partial charge >= 0.3 is 0 Å². The van der Waals surface area contributed by atoms with Gasteiger partial charge in [-0.15, -0.1) is 0 Å². The molecule has 2 atom stereocenters. The largest absolute Gasteiger partial charge is 0.372 e. The van der Waals surface area contributed by atoms with E-state index in [1.807, 2.05) is 12.1 Å². The van der Waals surface area contributed by atoms with Crippen LogP contribution in [0.5, 0.6) is 0 Å². The first-order chi connectivity index (χ1) is 8.56. The van der Waals surface area contributed by atoms with Crippen LogP contribution < -0.4 is 5.32 Å². The smallest absolute Gasteiger partial charge is 0.173 e. The van der Waals surface area contributed by atoms with Gasteiger partial charge < -0.3 is 15.0 Å². The van der Waals surface area contributed by atoms with Gasteiger partial charge in [-0.2, -0.15) is 0 Å². The second kappa shape index (κ2) is 5.67. The lowest BCUT2D eigenvalue weighted by molar-refractivity contribution is -0.0473. The van der Waals surface area contributed by atoms with Gasteiger partial charge in [-0.05, 0) is 44.6 Å². The SMILES string of the molecule is Cc1ccccc1NC(=S)N1C[C@@H](C)O[C@@H](C)C1. The van der Waals surface area contributed by atoms with Crippen LogP contribution in [0.4, 0.5) is 5.69 Å². The molecular weight excluding hydrogens is 244 g/mol. The van der Waals surface area contributed by atoms with Crippen LogP contribution in [-0.4, -0.2) is 35.3 Å². The van der Waals surface area contributed by atoms with Crippen LogP contribution in [0.2, 0.25) is 0 Å². The van der Waals surface area contributed by atoms with E-state index < -0.39 is 0 Å². The Balaban J connectivity index is 2.02. The molecule has 0 spiro atoms. The van der Waals surface area contributed by atoms with Crippen LogP contribution in [0.15, 0.2) is 24.3 Å². The van der Waals surface area contributed by atoms with Gasteiger partial charge in [-0.25, -0.2) is 0 Å². The van der Waals surface area contributed by atoms with E-state index in [1.54, 1.807) is 0 Å². The van der Waals surface area contributed by atoms with Crippen molar-refractivity contribution in [1.82, 2.24) is 4.90 Å². The van der Waals surface area contributed by atoms with Crippen LogP contribution in [-0.2, 0) is 4.74 Å². The number of ether oxygens (including phenoxy) is 1. The van der Waals surface area contributed by atoms with Crippen LogP contribution in [0, 0.1) is 6.92 Å². The number of benzene rings is 1. The van der Waals surface area contributed by atoms with Crippen molar-refractivity contribution in [2.75, 3.05) is 18.4 Å². The monoisotopic (exact) mass is 264 g/mol. The number of thiocarbonyl (C=S) groups is 1. The Morgan fingerprint density at radius 2 is 1.89 bits per heavy atom. The number of hydrogen-bond donors (Lipinski definition) is 1. The minimum Gasteiger partial charge on any atom is -0.372 e. The number of morpholine rings is 1. The third kappa shape index (κ3) is 3.21. The summed E-state index contributed by atoms with van der Waals surface area (Å²) in [7, 11) is 0. The highest BCUT2D eigenvalue weighted by molar-refractivity contribution is 7.80. The Morgan fingerprint density at radius 1 is 1.28 bits per heavy atom. The van der Waals surface area contributed by atoms with Gasteiger partial charge in [0.25, 0.3) is 0 Å². The Kier molecular flexibility index (Phi) is 4.19. The maximum atomic E-state index is 5.71. The van der Waals surface area contributed by atoms with Crippen molar-refractivity contribution in [3.8, 4) is 0 Å². The molecule has 0 saturated carbocycles. The van der Waals surface area contributed by atoms with E-state index >= 15 is 0 Å². The van der Waals surface area contributed by atoms with Crippen molar-refractivity contribution in [3.63, 3.8) is 0 Å². The molecule has 0 radical (unpaired) electrons. The molecule has 18 heavy (non-hydrogen) atoms. The number of rotatable bonds is 1. The third-order valence-corrected chi connectivity index (χ3v) is 3.45. The predicted molar refractivity (Wildman–Crippen MR) is 79.0 cm³/mol. The average molecular weight is 264 g/mol. The van der Waals surface area contributed by atoms with Gasteiger partial charge in [0.15, 0.2) is 5.11 Å². The molecule has 1 N–H and O–H groups in total.